The molecule has 2 N–H and O–H groups in total. The summed E-state index contributed by atoms with van der Waals surface area (Å²) in [4.78, 5) is 0. The molecule has 2 rings (SSSR count). The van der Waals surface area contributed by atoms with Crippen LogP contribution < -0.4 is 10.5 Å². The van der Waals surface area contributed by atoms with Gasteiger partial charge < -0.3 is 10.5 Å². The zero-order chi connectivity index (χ0) is 14.0. The number of benzene rings is 2. The van der Waals surface area contributed by atoms with Gasteiger partial charge in [-0.15, -0.1) is 0 Å². The Hall–Kier alpha value is -1.10. The highest BCUT2D eigenvalue weighted by Crippen LogP contribution is 2.33. The van der Waals surface area contributed by atoms with Gasteiger partial charge in [-0.25, -0.2) is 4.39 Å². The molecule has 0 saturated carbocycles. The van der Waals surface area contributed by atoms with Crippen molar-refractivity contribution < 1.29 is 9.13 Å². The maximum atomic E-state index is 13.9. The number of nitrogens with two attached hydrogens (primary N) is 1. The summed E-state index contributed by atoms with van der Waals surface area (Å²) in [5.74, 6) is 0.0553. The number of ether oxygens (including phenoxy) is 1. The Morgan fingerprint density at radius 1 is 1.21 bits per heavy atom. The lowest BCUT2D eigenvalue weighted by molar-refractivity contribution is 0.441. The number of rotatable bonds is 3. The van der Waals surface area contributed by atoms with Crippen molar-refractivity contribution in [1.82, 2.24) is 0 Å². The summed E-state index contributed by atoms with van der Waals surface area (Å²) in [5, 5.41) is 0.407. The predicted octanol–water partition coefficient (Wildman–Crippen LogP) is 5.05. The van der Waals surface area contributed by atoms with Crippen LogP contribution in [0.25, 0.3) is 0 Å². The fourth-order valence-electron chi connectivity index (χ4n) is 1.56. The average molecular weight is 345 g/mol. The molecule has 19 heavy (non-hydrogen) atoms. The van der Waals surface area contributed by atoms with E-state index in [1.54, 1.807) is 37.3 Å². The molecule has 1 atom stereocenters. The van der Waals surface area contributed by atoms with Gasteiger partial charge in [0.05, 0.1) is 5.02 Å². The molecule has 1 unspecified atom stereocenters. The largest absolute Gasteiger partial charge is 0.453 e. The predicted molar refractivity (Wildman–Crippen MR) is 78.2 cm³/mol. The number of hydrogen-bond acceptors (Lipinski definition) is 2. The maximum absolute atomic E-state index is 13.9. The molecule has 0 spiro atoms. The highest BCUT2D eigenvalue weighted by atomic mass is 79.9. The molecule has 0 fully saturated rings. The average Bonchev–Trinajstić information content (AvgIpc) is 2.34. The highest BCUT2D eigenvalue weighted by molar-refractivity contribution is 9.10. The van der Waals surface area contributed by atoms with Crippen molar-refractivity contribution in [2.24, 2.45) is 5.73 Å². The minimum Gasteiger partial charge on any atom is -0.453 e. The van der Waals surface area contributed by atoms with Crippen LogP contribution in [0.5, 0.6) is 11.5 Å². The summed E-state index contributed by atoms with van der Waals surface area (Å²) >= 11 is 9.31. The molecule has 0 radical (unpaired) electrons. The van der Waals surface area contributed by atoms with Gasteiger partial charge in [-0.3, -0.25) is 0 Å². The molecule has 0 aliphatic heterocycles. The minimum absolute atomic E-state index is 0.119. The molecule has 0 amide bonds. The van der Waals surface area contributed by atoms with Crippen molar-refractivity contribution in [3.8, 4) is 11.5 Å². The third kappa shape index (κ3) is 3.47. The molecule has 2 nitrogen and oxygen atoms in total. The van der Waals surface area contributed by atoms with Gasteiger partial charge in [-0.2, -0.15) is 0 Å². The van der Waals surface area contributed by atoms with Crippen molar-refractivity contribution >= 4 is 27.5 Å². The van der Waals surface area contributed by atoms with Crippen LogP contribution in [0.15, 0.2) is 40.9 Å². The van der Waals surface area contributed by atoms with Gasteiger partial charge in [-0.1, -0.05) is 33.6 Å². The van der Waals surface area contributed by atoms with Crippen LogP contribution in [0.3, 0.4) is 0 Å². The molecule has 0 bridgehead atoms. The van der Waals surface area contributed by atoms with Crippen LogP contribution >= 0.6 is 27.5 Å². The molecule has 0 aliphatic carbocycles. The van der Waals surface area contributed by atoms with E-state index >= 15 is 0 Å². The second kappa shape index (κ2) is 5.90. The van der Waals surface area contributed by atoms with Crippen LogP contribution in [-0.2, 0) is 0 Å². The second-order valence-electron chi connectivity index (χ2n) is 4.16. The van der Waals surface area contributed by atoms with Gasteiger partial charge in [0, 0.05) is 10.5 Å². The monoisotopic (exact) mass is 343 g/mol. The lowest BCUT2D eigenvalue weighted by atomic mass is 10.1. The fourth-order valence-corrected chi connectivity index (χ4v) is 2.27. The third-order valence-electron chi connectivity index (χ3n) is 2.60. The standard InChI is InChI=1S/C14H12BrClFNO/c1-8(18)9-2-4-14(12(17)6-9)19-13-5-3-10(15)7-11(13)16/h2-8H,18H2,1H3. The van der Waals surface area contributed by atoms with Gasteiger partial charge >= 0.3 is 0 Å². The summed E-state index contributed by atoms with van der Waals surface area (Å²) in [5.41, 5.74) is 6.41. The van der Waals surface area contributed by atoms with Gasteiger partial charge in [0.25, 0.3) is 0 Å². The zero-order valence-electron chi connectivity index (χ0n) is 10.2. The van der Waals surface area contributed by atoms with E-state index in [0.29, 0.717) is 16.3 Å². The van der Waals surface area contributed by atoms with Crippen LogP contribution in [0.4, 0.5) is 4.39 Å². The van der Waals surface area contributed by atoms with Gasteiger partial charge in [-0.05, 0) is 42.8 Å². The molecular weight excluding hydrogens is 333 g/mol. The van der Waals surface area contributed by atoms with E-state index in [9.17, 15) is 4.39 Å². The van der Waals surface area contributed by atoms with E-state index in [1.807, 2.05) is 0 Å². The van der Waals surface area contributed by atoms with Crippen LogP contribution in [0.1, 0.15) is 18.5 Å². The van der Waals surface area contributed by atoms with Gasteiger partial charge in [0.2, 0.25) is 0 Å². The summed E-state index contributed by atoms with van der Waals surface area (Å²) < 4.78 is 20.2. The normalized spacial score (nSPS) is 12.3. The SMILES string of the molecule is CC(N)c1ccc(Oc2ccc(Br)cc2Cl)c(F)c1. The van der Waals surface area contributed by atoms with E-state index in [2.05, 4.69) is 15.9 Å². The Labute approximate surface area is 124 Å². The molecule has 0 aliphatic rings. The molecule has 0 aromatic heterocycles. The van der Waals surface area contributed by atoms with Crippen molar-refractivity contribution in [1.29, 1.82) is 0 Å². The number of hydrogen-bond donors (Lipinski definition) is 1. The van der Waals surface area contributed by atoms with E-state index in [1.165, 1.54) is 6.07 Å². The van der Waals surface area contributed by atoms with E-state index in [4.69, 9.17) is 22.1 Å². The van der Waals surface area contributed by atoms with E-state index in [0.717, 1.165) is 4.47 Å². The quantitative estimate of drug-likeness (QED) is 0.845. The summed E-state index contributed by atoms with van der Waals surface area (Å²) in [6, 6.07) is 9.56. The maximum Gasteiger partial charge on any atom is 0.166 e. The smallest absolute Gasteiger partial charge is 0.166 e. The first-order chi connectivity index (χ1) is 8.97. The van der Waals surface area contributed by atoms with Gasteiger partial charge in [0.1, 0.15) is 5.75 Å². The van der Waals surface area contributed by atoms with Crippen LogP contribution in [0.2, 0.25) is 5.02 Å². The van der Waals surface area contributed by atoms with Gasteiger partial charge in [0.15, 0.2) is 11.6 Å². The fraction of sp³-hybridized carbons (Fsp3) is 0.143. The number of halogens is 3. The zero-order valence-corrected chi connectivity index (χ0v) is 12.5. The Balaban J connectivity index is 2.28. The first kappa shape index (κ1) is 14.3. The lowest BCUT2D eigenvalue weighted by Crippen LogP contribution is -2.05. The van der Waals surface area contributed by atoms with Crippen molar-refractivity contribution in [3.05, 3.63) is 57.3 Å². The molecule has 100 valence electrons. The second-order valence-corrected chi connectivity index (χ2v) is 5.48. The van der Waals surface area contributed by atoms with Crippen LogP contribution in [0, 0.1) is 5.82 Å². The molecule has 2 aromatic rings. The van der Waals surface area contributed by atoms with Crippen molar-refractivity contribution in [2.45, 2.75) is 13.0 Å². The molecular formula is C14H12BrClFNO. The Morgan fingerprint density at radius 2 is 1.89 bits per heavy atom. The third-order valence-corrected chi connectivity index (χ3v) is 3.38. The Morgan fingerprint density at radius 3 is 2.47 bits per heavy atom. The Kier molecular flexibility index (Phi) is 4.45. The van der Waals surface area contributed by atoms with E-state index in [-0.39, 0.29) is 11.8 Å². The summed E-state index contributed by atoms with van der Waals surface area (Å²) in [7, 11) is 0. The van der Waals surface area contributed by atoms with Crippen molar-refractivity contribution in [3.63, 3.8) is 0 Å². The van der Waals surface area contributed by atoms with Crippen molar-refractivity contribution in [2.75, 3.05) is 0 Å². The molecule has 5 heteroatoms. The molecule has 0 heterocycles. The topological polar surface area (TPSA) is 35.2 Å². The molecule has 2 aromatic carbocycles. The first-order valence-corrected chi connectivity index (χ1v) is 6.82. The lowest BCUT2D eigenvalue weighted by Gasteiger charge is -2.11. The first-order valence-electron chi connectivity index (χ1n) is 5.65. The summed E-state index contributed by atoms with van der Waals surface area (Å²) in [6.45, 7) is 1.79. The Bertz CT molecular complexity index is 604. The highest BCUT2D eigenvalue weighted by Gasteiger charge is 2.10. The van der Waals surface area contributed by atoms with E-state index < -0.39 is 5.82 Å². The summed E-state index contributed by atoms with van der Waals surface area (Å²) in [6.07, 6.45) is 0. The molecule has 0 saturated heterocycles. The van der Waals surface area contributed by atoms with Crippen LogP contribution in [-0.4, -0.2) is 0 Å². The minimum atomic E-state index is -0.464.